The molecule has 1 unspecified atom stereocenters. The Hall–Kier alpha value is -0.410. The van der Waals surface area contributed by atoms with Crippen molar-refractivity contribution in [3.63, 3.8) is 0 Å². The first kappa shape index (κ1) is 6.31. The van der Waals surface area contributed by atoms with Crippen LogP contribution in [0.4, 0.5) is 0 Å². The van der Waals surface area contributed by atoms with Crippen LogP contribution in [0.1, 0.15) is 24.6 Å². The monoisotopic (exact) mass is 154 g/mol. The molecule has 2 nitrogen and oxygen atoms in total. The molecule has 1 heterocycles. The predicted octanol–water partition coefficient (Wildman–Crippen LogP) is 1.55. The standard InChI is InChI=1S/C7H10N2S/c8-7(5-1-2-5)6-3-10-4-9-6/h3-5,7H,1-2,8H2. The lowest BCUT2D eigenvalue weighted by atomic mass is 10.1. The maximum Gasteiger partial charge on any atom is 0.0795 e. The van der Waals surface area contributed by atoms with E-state index in [9.17, 15) is 0 Å². The van der Waals surface area contributed by atoms with Crippen LogP contribution in [0.15, 0.2) is 10.9 Å². The lowest BCUT2D eigenvalue weighted by Crippen LogP contribution is -2.12. The summed E-state index contributed by atoms with van der Waals surface area (Å²) in [5, 5.41) is 2.04. The van der Waals surface area contributed by atoms with E-state index >= 15 is 0 Å². The Morgan fingerprint density at radius 2 is 2.50 bits per heavy atom. The number of thiazole rings is 1. The summed E-state index contributed by atoms with van der Waals surface area (Å²) in [4.78, 5) is 4.17. The molecule has 0 radical (unpaired) electrons. The molecule has 1 aromatic heterocycles. The van der Waals surface area contributed by atoms with E-state index in [1.807, 2.05) is 10.9 Å². The molecule has 1 aliphatic carbocycles. The third-order valence-corrected chi connectivity index (χ3v) is 2.53. The van der Waals surface area contributed by atoms with Crippen molar-refractivity contribution in [3.8, 4) is 0 Å². The Kier molecular flexibility index (Phi) is 1.47. The molecule has 0 aromatic carbocycles. The second kappa shape index (κ2) is 2.32. The summed E-state index contributed by atoms with van der Waals surface area (Å²) in [6.45, 7) is 0. The van der Waals surface area contributed by atoms with Crippen LogP contribution in [0.25, 0.3) is 0 Å². The largest absolute Gasteiger partial charge is 0.322 e. The van der Waals surface area contributed by atoms with E-state index in [0.29, 0.717) is 0 Å². The summed E-state index contributed by atoms with van der Waals surface area (Å²) in [6, 6.07) is 0.214. The second-order valence-corrected chi connectivity index (χ2v) is 3.50. The lowest BCUT2D eigenvalue weighted by Gasteiger charge is -2.04. The maximum absolute atomic E-state index is 5.89. The van der Waals surface area contributed by atoms with Crippen molar-refractivity contribution in [1.82, 2.24) is 4.98 Å². The summed E-state index contributed by atoms with van der Waals surface area (Å²) < 4.78 is 0. The number of rotatable bonds is 2. The molecule has 10 heavy (non-hydrogen) atoms. The first-order chi connectivity index (χ1) is 4.88. The van der Waals surface area contributed by atoms with Gasteiger partial charge in [0.05, 0.1) is 17.2 Å². The molecule has 1 fully saturated rings. The van der Waals surface area contributed by atoms with Gasteiger partial charge in [0, 0.05) is 5.38 Å². The van der Waals surface area contributed by atoms with Crippen molar-refractivity contribution < 1.29 is 0 Å². The third-order valence-electron chi connectivity index (χ3n) is 1.92. The highest BCUT2D eigenvalue weighted by atomic mass is 32.1. The highest BCUT2D eigenvalue weighted by Crippen LogP contribution is 2.38. The van der Waals surface area contributed by atoms with Crippen LogP contribution in [-0.4, -0.2) is 4.98 Å². The van der Waals surface area contributed by atoms with Crippen molar-refractivity contribution in [2.24, 2.45) is 11.7 Å². The first-order valence-corrected chi connectivity index (χ1v) is 4.46. The Bertz CT molecular complexity index is 203. The van der Waals surface area contributed by atoms with Crippen molar-refractivity contribution in [2.75, 3.05) is 0 Å². The minimum absolute atomic E-state index is 0.214. The zero-order valence-corrected chi connectivity index (χ0v) is 6.47. The summed E-state index contributed by atoms with van der Waals surface area (Å²) in [7, 11) is 0. The van der Waals surface area contributed by atoms with Crippen molar-refractivity contribution in [1.29, 1.82) is 0 Å². The number of nitrogens with zero attached hydrogens (tertiary/aromatic N) is 1. The van der Waals surface area contributed by atoms with E-state index in [2.05, 4.69) is 4.98 Å². The normalized spacial score (nSPS) is 20.9. The van der Waals surface area contributed by atoms with Crippen molar-refractivity contribution in [2.45, 2.75) is 18.9 Å². The number of nitrogens with two attached hydrogens (primary N) is 1. The molecule has 0 bridgehead atoms. The molecule has 0 spiro atoms. The molecule has 0 saturated heterocycles. The highest BCUT2D eigenvalue weighted by Gasteiger charge is 2.30. The van der Waals surface area contributed by atoms with Crippen LogP contribution in [0.2, 0.25) is 0 Å². The van der Waals surface area contributed by atoms with E-state index in [1.54, 1.807) is 11.3 Å². The van der Waals surface area contributed by atoms with Crippen LogP contribution < -0.4 is 5.73 Å². The average molecular weight is 154 g/mol. The van der Waals surface area contributed by atoms with Crippen molar-refractivity contribution >= 4 is 11.3 Å². The quantitative estimate of drug-likeness (QED) is 0.702. The van der Waals surface area contributed by atoms with Gasteiger partial charge >= 0.3 is 0 Å². The number of hydrogen-bond donors (Lipinski definition) is 1. The summed E-state index contributed by atoms with van der Waals surface area (Å²) >= 11 is 1.62. The third kappa shape index (κ3) is 1.07. The van der Waals surface area contributed by atoms with E-state index < -0.39 is 0 Å². The van der Waals surface area contributed by atoms with Gasteiger partial charge in [0.25, 0.3) is 0 Å². The van der Waals surface area contributed by atoms with Gasteiger partial charge in [0.2, 0.25) is 0 Å². The molecular weight excluding hydrogens is 144 g/mol. The Morgan fingerprint density at radius 1 is 1.70 bits per heavy atom. The van der Waals surface area contributed by atoms with Crippen LogP contribution in [0.3, 0.4) is 0 Å². The molecule has 1 aliphatic rings. The number of hydrogen-bond acceptors (Lipinski definition) is 3. The fraction of sp³-hybridized carbons (Fsp3) is 0.571. The minimum Gasteiger partial charge on any atom is -0.322 e. The molecule has 0 aliphatic heterocycles. The van der Waals surface area contributed by atoms with Gasteiger partial charge in [-0.1, -0.05) is 0 Å². The minimum atomic E-state index is 0.214. The van der Waals surface area contributed by atoms with Crippen molar-refractivity contribution in [3.05, 3.63) is 16.6 Å². The van der Waals surface area contributed by atoms with Gasteiger partial charge in [-0.15, -0.1) is 11.3 Å². The van der Waals surface area contributed by atoms with Gasteiger partial charge in [-0.2, -0.15) is 0 Å². The van der Waals surface area contributed by atoms with Crippen LogP contribution in [-0.2, 0) is 0 Å². The lowest BCUT2D eigenvalue weighted by molar-refractivity contribution is 0.618. The summed E-state index contributed by atoms with van der Waals surface area (Å²) in [5.41, 5.74) is 8.81. The predicted molar refractivity (Wildman–Crippen MR) is 41.8 cm³/mol. The fourth-order valence-corrected chi connectivity index (χ4v) is 1.68. The Balaban J connectivity index is 2.11. The molecule has 0 amide bonds. The Labute approximate surface area is 64.1 Å². The maximum atomic E-state index is 5.89. The molecule has 2 rings (SSSR count). The van der Waals surface area contributed by atoms with E-state index in [-0.39, 0.29) is 6.04 Å². The smallest absolute Gasteiger partial charge is 0.0795 e. The van der Waals surface area contributed by atoms with Gasteiger partial charge in [0.1, 0.15) is 0 Å². The van der Waals surface area contributed by atoms with Gasteiger partial charge in [0.15, 0.2) is 0 Å². The highest BCUT2D eigenvalue weighted by molar-refractivity contribution is 7.07. The SMILES string of the molecule is NC(c1cscn1)C1CC1. The fourth-order valence-electron chi connectivity index (χ4n) is 1.08. The van der Waals surface area contributed by atoms with Gasteiger partial charge in [-0.05, 0) is 18.8 Å². The summed E-state index contributed by atoms with van der Waals surface area (Å²) in [5.74, 6) is 0.724. The molecule has 3 heteroatoms. The van der Waals surface area contributed by atoms with E-state index in [0.717, 1.165) is 11.6 Å². The van der Waals surface area contributed by atoms with Crippen LogP contribution in [0.5, 0.6) is 0 Å². The van der Waals surface area contributed by atoms with Gasteiger partial charge in [-0.25, -0.2) is 4.98 Å². The Morgan fingerprint density at radius 3 is 3.00 bits per heavy atom. The van der Waals surface area contributed by atoms with E-state index in [4.69, 9.17) is 5.73 Å². The average Bonchev–Trinajstić information content (AvgIpc) is 2.65. The molecular formula is C7H10N2S. The zero-order valence-electron chi connectivity index (χ0n) is 5.66. The molecule has 1 atom stereocenters. The van der Waals surface area contributed by atoms with E-state index in [1.165, 1.54) is 12.8 Å². The molecule has 2 N–H and O–H groups in total. The first-order valence-electron chi connectivity index (χ1n) is 3.51. The van der Waals surface area contributed by atoms with Crippen LogP contribution >= 0.6 is 11.3 Å². The number of aromatic nitrogens is 1. The molecule has 1 saturated carbocycles. The second-order valence-electron chi connectivity index (χ2n) is 2.78. The zero-order chi connectivity index (χ0) is 6.97. The molecule has 54 valence electrons. The van der Waals surface area contributed by atoms with Gasteiger partial charge < -0.3 is 5.73 Å². The van der Waals surface area contributed by atoms with Gasteiger partial charge in [-0.3, -0.25) is 0 Å². The summed E-state index contributed by atoms with van der Waals surface area (Å²) in [6.07, 6.45) is 2.58. The topological polar surface area (TPSA) is 38.9 Å². The molecule has 1 aromatic rings. The van der Waals surface area contributed by atoms with Crippen LogP contribution in [0, 0.1) is 5.92 Å².